The smallest absolute Gasteiger partial charge is 0.226 e. The van der Waals surface area contributed by atoms with Gasteiger partial charge in [0.05, 0.1) is 19.8 Å². The molecule has 1 fully saturated rings. The van der Waals surface area contributed by atoms with E-state index >= 15 is 0 Å². The quantitative estimate of drug-likeness (QED) is 0.820. The Labute approximate surface area is 120 Å². The third kappa shape index (κ3) is 4.26. The molecule has 0 bridgehead atoms. The van der Waals surface area contributed by atoms with E-state index in [1.165, 1.54) is 0 Å². The molecule has 0 aliphatic carbocycles. The summed E-state index contributed by atoms with van der Waals surface area (Å²) in [7, 11) is 0. The first-order valence-electron chi connectivity index (χ1n) is 7.42. The molecule has 6 heteroatoms. The molecule has 0 saturated carbocycles. The molecule has 1 aromatic heterocycles. The topological polar surface area (TPSA) is 83.4 Å². The van der Waals surface area contributed by atoms with Gasteiger partial charge in [0.15, 0.2) is 0 Å². The number of hydrogen-bond donors (Lipinski definition) is 1. The lowest BCUT2D eigenvalue weighted by Gasteiger charge is -2.19. The van der Waals surface area contributed by atoms with E-state index in [4.69, 9.17) is 19.7 Å². The van der Waals surface area contributed by atoms with Crippen LogP contribution in [-0.2, 0) is 15.9 Å². The van der Waals surface area contributed by atoms with Crippen molar-refractivity contribution in [2.24, 2.45) is 17.6 Å². The first-order valence-corrected chi connectivity index (χ1v) is 7.42. The van der Waals surface area contributed by atoms with Crippen LogP contribution < -0.4 is 5.73 Å². The minimum absolute atomic E-state index is 0.189. The van der Waals surface area contributed by atoms with Crippen molar-refractivity contribution in [3.05, 3.63) is 11.7 Å². The average molecular weight is 283 g/mol. The molecule has 0 amide bonds. The highest BCUT2D eigenvalue weighted by Gasteiger charge is 2.22. The number of ether oxygens (including phenoxy) is 2. The van der Waals surface area contributed by atoms with Gasteiger partial charge >= 0.3 is 0 Å². The standard InChI is InChI=1S/C14H25N3O3/c1-10(2)11(5-6-15)3-4-13-16-14(17-20-13)12-9-18-7-8-19-12/h10-12H,3-9,15H2,1-2H3. The third-order valence-electron chi connectivity index (χ3n) is 3.80. The van der Waals surface area contributed by atoms with Crippen molar-refractivity contribution in [2.45, 2.75) is 39.2 Å². The van der Waals surface area contributed by atoms with Gasteiger partial charge in [-0.25, -0.2) is 0 Å². The summed E-state index contributed by atoms with van der Waals surface area (Å²) < 4.78 is 16.2. The van der Waals surface area contributed by atoms with Crippen molar-refractivity contribution in [2.75, 3.05) is 26.4 Å². The normalized spacial score (nSPS) is 21.3. The Hall–Kier alpha value is -0.980. The Balaban J connectivity index is 1.85. The number of nitrogens with two attached hydrogens (primary N) is 1. The largest absolute Gasteiger partial charge is 0.376 e. The third-order valence-corrected chi connectivity index (χ3v) is 3.80. The second-order valence-corrected chi connectivity index (χ2v) is 5.60. The van der Waals surface area contributed by atoms with Gasteiger partial charge in [-0.3, -0.25) is 0 Å². The molecule has 1 aromatic rings. The SMILES string of the molecule is CC(C)C(CCN)CCc1nc(C2COCCO2)no1. The van der Waals surface area contributed by atoms with E-state index in [0.717, 1.165) is 25.8 Å². The molecule has 0 aromatic carbocycles. The fraction of sp³-hybridized carbons (Fsp3) is 0.857. The molecule has 0 spiro atoms. The Morgan fingerprint density at radius 3 is 2.80 bits per heavy atom. The number of hydrogen-bond acceptors (Lipinski definition) is 6. The van der Waals surface area contributed by atoms with Crippen LogP contribution in [0, 0.1) is 11.8 Å². The van der Waals surface area contributed by atoms with Crippen molar-refractivity contribution in [3.8, 4) is 0 Å². The van der Waals surface area contributed by atoms with Gasteiger partial charge in [0, 0.05) is 6.42 Å². The number of aromatic nitrogens is 2. The molecule has 2 N–H and O–H groups in total. The lowest BCUT2D eigenvalue weighted by Crippen LogP contribution is -2.22. The summed E-state index contributed by atoms with van der Waals surface area (Å²) in [4.78, 5) is 4.41. The average Bonchev–Trinajstić information content (AvgIpc) is 2.93. The zero-order chi connectivity index (χ0) is 14.4. The van der Waals surface area contributed by atoms with Crippen molar-refractivity contribution < 1.29 is 14.0 Å². The Morgan fingerprint density at radius 2 is 2.15 bits per heavy atom. The molecule has 0 radical (unpaired) electrons. The van der Waals surface area contributed by atoms with Gasteiger partial charge in [0.1, 0.15) is 6.10 Å². The summed E-state index contributed by atoms with van der Waals surface area (Å²) in [5.41, 5.74) is 5.66. The minimum Gasteiger partial charge on any atom is -0.376 e. The van der Waals surface area contributed by atoms with E-state index in [0.29, 0.717) is 43.4 Å². The predicted octanol–water partition coefficient (Wildman–Crippen LogP) is 1.71. The van der Waals surface area contributed by atoms with Crippen LogP contribution >= 0.6 is 0 Å². The van der Waals surface area contributed by atoms with E-state index in [1.807, 2.05) is 0 Å². The summed E-state index contributed by atoms with van der Waals surface area (Å²) in [6.45, 7) is 6.91. The zero-order valence-corrected chi connectivity index (χ0v) is 12.4. The molecule has 1 saturated heterocycles. The van der Waals surface area contributed by atoms with Gasteiger partial charge < -0.3 is 19.7 Å². The Kier molecular flexibility index (Phi) is 5.94. The van der Waals surface area contributed by atoms with Crippen LogP contribution in [0.3, 0.4) is 0 Å². The zero-order valence-electron chi connectivity index (χ0n) is 12.4. The second kappa shape index (κ2) is 7.71. The molecule has 2 atom stereocenters. The first-order chi connectivity index (χ1) is 9.70. The van der Waals surface area contributed by atoms with Gasteiger partial charge in [-0.05, 0) is 31.2 Å². The Morgan fingerprint density at radius 1 is 1.30 bits per heavy atom. The first kappa shape index (κ1) is 15.4. The Bertz CT molecular complexity index is 389. The van der Waals surface area contributed by atoms with Crippen molar-refractivity contribution >= 4 is 0 Å². The molecular weight excluding hydrogens is 258 g/mol. The maximum Gasteiger partial charge on any atom is 0.226 e. The number of aryl methyl sites for hydroxylation is 1. The molecular formula is C14H25N3O3. The van der Waals surface area contributed by atoms with Gasteiger partial charge in [-0.1, -0.05) is 19.0 Å². The molecule has 2 rings (SSSR count). The van der Waals surface area contributed by atoms with Gasteiger partial charge in [-0.15, -0.1) is 0 Å². The molecule has 114 valence electrons. The molecule has 20 heavy (non-hydrogen) atoms. The second-order valence-electron chi connectivity index (χ2n) is 5.60. The van der Waals surface area contributed by atoms with E-state index < -0.39 is 0 Å². The van der Waals surface area contributed by atoms with Gasteiger partial charge in [0.2, 0.25) is 11.7 Å². The van der Waals surface area contributed by atoms with Gasteiger partial charge in [0.25, 0.3) is 0 Å². The number of rotatable bonds is 7. The summed E-state index contributed by atoms with van der Waals surface area (Å²) in [5, 5.41) is 3.99. The van der Waals surface area contributed by atoms with Crippen molar-refractivity contribution in [3.63, 3.8) is 0 Å². The van der Waals surface area contributed by atoms with Crippen LogP contribution in [0.25, 0.3) is 0 Å². The summed E-state index contributed by atoms with van der Waals surface area (Å²) in [6, 6.07) is 0. The van der Waals surface area contributed by atoms with E-state index in [9.17, 15) is 0 Å². The molecule has 1 aliphatic rings. The molecule has 6 nitrogen and oxygen atoms in total. The van der Waals surface area contributed by atoms with E-state index in [1.54, 1.807) is 0 Å². The lowest BCUT2D eigenvalue weighted by molar-refractivity contribution is -0.0941. The molecule has 2 unspecified atom stereocenters. The van der Waals surface area contributed by atoms with Crippen LogP contribution in [0.5, 0.6) is 0 Å². The van der Waals surface area contributed by atoms with E-state index in [-0.39, 0.29) is 6.10 Å². The maximum absolute atomic E-state index is 5.66. The highest BCUT2D eigenvalue weighted by Crippen LogP contribution is 2.22. The fourth-order valence-corrected chi connectivity index (χ4v) is 2.47. The minimum atomic E-state index is -0.189. The highest BCUT2D eigenvalue weighted by atomic mass is 16.6. The monoisotopic (exact) mass is 283 g/mol. The van der Waals surface area contributed by atoms with E-state index in [2.05, 4.69) is 24.0 Å². The molecule has 2 heterocycles. The molecule has 1 aliphatic heterocycles. The van der Waals surface area contributed by atoms with Crippen LogP contribution in [0.2, 0.25) is 0 Å². The lowest BCUT2D eigenvalue weighted by atomic mass is 9.88. The predicted molar refractivity (Wildman–Crippen MR) is 74.1 cm³/mol. The fourth-order valence-electron chi connectivity index (χ4n) is 2.47. The van der Waals surface area contributed by atoms with Crippen molar-refractivity contribution in [1.29, 1.82) is 0 Å². The summed E-state index contributed by atoms with van der Waals surface area (Å²) in [5.74, 6) is 2.50. The van der Waals surface area contributed by atoms with Crippen LogP contribution in [0.15, 0.2) is 4.52 Å². The highest BCUT2D eigenvalue weighted by molar-refractivity contribution is 4.92. The number of nitrogens with zero attached hydrogens (tertiary/aromatic N) is 2. The van der Waals surface area contributed by atoms with Crippen LogP contribution in [0.1, 0.15) is 44.5 Å². The maximum atomic E-state index is 5.66. The summed E-state index contributed by atoms with van der Waals surface area (Å²) >= 11 is 0. The van der Waals surface area contributed by atoms with Crippen LogP contribution in [0.4, 0.5) is 0 Å². The van der Waals surface area contributed by atoms with Gasteiger partial charge in [-0.2, -0.15) is 4.98 Å². The van der Waals surface area contributed by atoms with Crippen LogP contribution in [-0.4, -0.2) is 36.5 Å². The van der Waals surface area contributed by atoms with Crippen molar-refractivity contribution in [1.82, 2.24) is 10.1 Å². The summed E-state index contributed by atoms with van der Waals surface area (Å²) in [6.07, 6.45) is 2.67.